The summed E-state index contributed by atoms with van der Waals surface area (Å²) in [4.78, 5) is 73.8. The number of benzene rings is 1. The molecule has 2 aromatic heterocycles. The molecule has 3 aromatic rings. The third kappa shape index (κ3) is 10.3. The normalized spacial score (nSPS) is 27.7. The number of hydrogen-bond donors (Lipinski definition) is 2. The number of carbonyl (C=O) groups is 4. The Balaban J connectivity index is 1.10. The number of para-hydroxylation sites is 1. The van der Waals surface area contributed by atoms with Crippen molar-refractivity contribution in [2.45, 2.75) is 148 Å². The molecule has 2 bridgehead atoms. The molecule has 3 aliphatic carbocycles. The summed E-state index contributed by atoms with van der Waals surface area (Å²) in [5.41, 5.74) is 0.539. The molecule has 1 saturated heterocycles. The molecule has 358 valence electrons. The van der Waals surface area contributed by atoms with Gasteiger partial charge in [-0.1, -0.05) is 51.8 Å². The van der Waals surface area contributed by atoms with E-state index in [0.717, 1.165) is 67.5 Å². The van der Waals surface area contributed by atoms with Gasteiger partial charge < -0.3 is 24.1 Å². The number of hydrogen-bond acceptors (Lipinski definition) is 12. The topological polar surface area (TPSA) is 190 Å². The summed E-state index contributed by atoms with van der Waals surface area (Å²) in [5, 5.41) is 0.871. The zero-order valence-electron chi connectivity index (χ0n) is 39.5. The van der Waals surface area contributed by atoms with E-state index in [1.807, 2.05) is 58.2 Å². The number of fused-ring (bicyclic) bond motifs is 5. The van der Waals surface area contributed by atoms with Gasteiger partial charge in [0.05, 0.1) is 59.3 Å². The number of rotatable bonds is 14. The molecule has 8 rings (SSSR count). The molecular weight excluding hydrogens is 861 g/mol. The number of aryl methyl sites for hydroxylation is 1. The minimum absolute atomic E-state index is 0.0318. The van der Waals surface area contributed by atoms with Crippen LogP contribution >= 0.6 is 0 Å². The molecule has 3 saturated carbocycles. The summed E-state index contributed by atoms with van der Waals surface area (Å²) < 4.78 is 47.4. The van der Waals surface area contributed by atoms with Crippen LogP contribution in [0, 0.1) is 35.5 Å². The SMILES string of the molecule is C=C[C@@H]1C[C@]1(CC(=O)[C@@H]1C[C@@H]2CN1C(=O)[C@H](C(C)(C)C)CC(=O)O[C@@H]1C[C@H]1CCCCCc1c(nc3ccccc3c1OCCCN(C)Cc1ncc(C)[nH]1)O2)C(=O)NS(=O)(=O)C1(C)CC1. The number of nitrogens with zero attached hydrogens (tertiary/aromatic N) is 4. The zero-order chi connectivity index (χ0) is 47.2. The molecule has 66 heavy (non-hydrogen) atoms. The lowest BCUT2D eigenvalue weighted by Gasteiger charge is -2.34. The fraction of sp³-hybridized carbons (Fsp3) is 0.640. The summed E-state index contributed by atoms with van der Waals surface area (Å²) >= 11 is 0. The first-order valence-electron chi connectivity index (χ1n) is 23.9. The molecule has 4 heterocycles. The average Bonchev–Trinajstić information content (AvgIpc) is 4.21. The highest BCUT2D eigenvalue weighted by molar-refractivity contribution is 7.91. The van der Waals surface area contributed by atoms with Gasteiger partial charge in [0, 0.05) is 36.7 Å². The minimum Gasteiger partial charge on any atom is -0.492 e. The van der Waals surface area contributed by atoms with Crippen molar-refractivity contribution in [3.05, 3.63) is 60.2 Å². The number of aromatic amines is 1. The van der Waals surface area contributed by atoms with Gasteiger partial charge in [0.25, 0.3) is 0 Å². The van der Waals surface area contributed by atoms with E-state index >= 15 is 0 Å². The van der Waals surface area contributed by atoms with Crippen molar-refractivity contribution in [1.82, 2.24) is 29.5 Å². The van der Waals surface area contributed by atoms with Crippen LogP contribution in [0.3, 0.4) is 0 Å². The van der Waals surface area contributed by atoms with Gasteiger partial charge in [-0.2, -0.15) is 0 Å². The molecule has 2 N–H and O–H groups in total. The summed E-state index contributed by atoms with van der Waals surface area (Å²) in [6, 6.07) is 6.80. The third-order valence-corrected chi connectivity index (χ3v) is 16.9. The maximum Gasteiger partial charge on any atom is 0.306 e. The molecule has 0 spiro atoms. The van der Waals surface area contributed by atoms with Crippen molar-refractivity contribution in [2.24, 2.45) is 28.6 Å². The van der Waals surface area contributed by atoms with Gasteiger partial charge in [-0.3, -0.25) is 28.8 Å². The minimum atomic E-state index is -3.98. The molecule has 16 heteroatoms. The van der Waals surface area contributed by atoms with Crippen LogP contribution in [0.1, 0.15) is 122 Å². The Morgan fingerprint density at radius 2 is 1.89 bits per heavy atom. The number of aromatic nitrogens is 3. The van der Waals surface area contributed by atoms with Crippen molar-refractivity contribution < 1.29 is 41.8 Å². The second kappa shape index (κ2) is 18.7. The van der Waals surface area contributed by atoms with Crippen LogP contribution in [0.4, 0.5) is 0 Å². The van der Waals surface area contributed by atoms with Gasteiger partial charge >= 0.3 is 5.97 Å². The van der Waals surface area contributed by atoms with E-state index in [-0.39, 0.29) is 55.9 Å². The lowest BCUT2D eigenvalue weighted by molar-refractivity contribution is -0.154. The van der Waals surface area contributed by atoms with Gasteiger partial charge in [0.1, 0.15) is 23.8 Å². The molecule has 7 atom stereocenters. The van der Waals surface area contributed by atoms with E-state index < -0.39 is 61.5 Å². The number of Topliss-reactive ketones (excluding diaryl/α,β-unsaturated/α-hetero) is 1. The molecular formula is C50H68N6O9S. The van der Waals surface area contributed by atoms with Crippen molar-refractivity contribution in [3.63, 3.8) is 0 Å². The number of esters is 1. The number of carbonyl (C=O) groups excluding carboxylic acids is 4. The van der Waals surface area contributed by atoms with Crippen LogP contribution in [0.5, 0.6) is 11.6 Å². The van der Waals surface area contributed by atoms with E-state index in [1.54, 1.807) is 13.0 Å². The second-order valence-electron chi connectivity index (χ2n) is 21.2. The van der Waals surface area contributed by atoms with Crippen LogP contribution in [0.25, 0.3) is 10.9 Å². The van der Waals surface area contributed by atoms with Gasteiger partial charge in [-0.15, -0.1) is 6.58 Å². The van der Waals surface area contributed by atoms with E-state index in [2.05, 4.69) is 33.2 Å². The molecule has 0 unspecified atom stereocenters. The first-order valence-corrected chi connectivity index (χ1v) is 25.4. The monoisotopic (exact) mass is 928 g/mol. The first-order chi connectivity index (χ1) is 31.3. The second-order valence-corrected chi connectivity index (χ2v) is 23.3. The predicted molar refractivity (Wildman–Crippen MR) is 249 cm³/mol. The lowest BCUT2D eigenvalue weighted by atomic mass is 9.77. The van der Waals surface area contributed by atoms with Crippen molar-refractivity contribution in [3.8, 4) is 11.6 Å². The van der Waals surface area contributed by atoms with E-state index in [0.29, 0.717) is 49.6 Å². The fourth-order valence-electron chi connectivity index (χ4n) is 9.97. The standard InChI is InChI=1S/C50H68N6O9S/c1-8-33-26-50(33,47(60)54-66(61,62)49(6)19-20-49)27-40(57)39-24-34-29-56(39)46(59)37(48(3,4)5)25-43(58)65-41-23-32(41)15-10-9-11-17-36-44(35-16-12-13-18-38(35)53-45(36)64-34)63-22-14-21-55(7)30-42-51-28-31(2)52-42/h8,12-13,16,18,28,32-34,37,39,41H,1,9-11,14-15,17,19-27,29-30H2,2-7H3,(H,51,52)(H,54,60)/t32-,33-,34-,37-,39+,41-,50-/m1/s1. The van der Waals surface area contributed by atoms with Crippen LogP contribution in [0.15, 0.2) is 43.1 Å². The van der Waals surface area contributed by atoms with Crippen molar-refractivity contribution >= 4 is 44.5 Å². The van der Waals surface area contributed by atoms with Crippen LogP contribution in [-0.4, -0.2) is 106 Å². The zero-order valence-corrected chi connectivity index (χ0v) is 40.3. The smallest absolute Gasteiger partial charge is 0.306 e. The van der Waals surface area contributed by atoms with E-state index in [9.17, 15) is 27.6 Å². The number of sulfonamides is 1. The van der Waals surface area contributed by atoms with E-state index in [4.69, 9.17) is 19.2 Å². The molecule has 4 fully saturated rings. The lowest BCUT2D eigenvalue weighted by Crippen LogP contribution is -2.49. The van der Waals surface area contributed by atoms with Crippen LogP contribution in [0.2, 0.25) is 0 Å². The van der Waals surface area contributed by atoms with Crippen molar-refractivity contribution in [2.75, 3.05) is 26.7 Å². The Morgan fingerprint density at radius 3 is 2.59 bits per heavy atom. The Morgan fingerprint density at radius 1 is 1.12 bits per heavy atom. The van der Waals surface area contributed by atoms with Crippen LogP contribution in [-0.2, 0) is 46.9 Å². The number of pyridine rings is 1. The largest absolute Gasteiger partial charge is 0.492 e. The highest BCUT2D eigenvalue weighted by Gasteiger charge is 2.62. The van der Waals surface area contributed by atoms with Gasteiger partial charge in [-0.05, 0) is 102 Å². The number of ether oxygens (including phenoxy) is 3. The number of H-pyrrole nitrogens is 1. The number of ketones is 1. The van der Waals surface area contributed by atoms with E-state index in [1.165, 1.54) is 4.90 Å². The Bertz CT molecular complexity index is 2460. The van der Waals surface area contributed by atoms with Gasteiger partial charge in [0.2, 0.25) is 27.7 Å². The summed E-state index contributed by atoms with van der Waals surface area (Å²) in [6.45, 7) is 15.1. The van der Waals surface area contributed by atoms with Gasteiger partial charge in [0.15, 0.2) is 5.78 Å². The molecule has 1 aromatic carbocycles. The fourth-order valence-corrected chi connectivity index (χ4v) is 11.3. The quantitative estimate of drug-likeness (QED) is 0.0983. The number of amides is 2. The first kappa shape index (κ1) is 47.7. The van der Waals surface area contributed by atoms with Gasteiger partial charge in [-0.25, -0.2) is 18.4 Å². The third-order valence-electron chi connectivity index (χ3n) is 14.8. The molecule has 5 aliphatic rings. The number of allylic oxidation sites excluding steroid dienone is 1. The predicted octanol–water partition coefficient (Wildman–Crippen LogP) is 6.77. The summed E-state index contributed by atoms with van der Waals surface area (Å²) in [5.74, 6) is -0.866. The number of nitrogens with one attached hydrogen (secondary N) is 2. The number of imidazole rings is 1. The molecule has 2 amide bonds. The molecule has 15 nitrogen and oxygen atoms in total. The maximum atomic E-state index is 15.0. The highest BCUT2D eigenvalue weighted by atomic mass is 32.2. The molecule has 2 aliphatic heterocycles. The Kier molecular flexibility index (Phi) is 13.5. The summed E-state index contributed by atoms with van der Waals surface area (Å²) in [7, 11) is -1.92. The summed E-state index contributed by atoms with van der Waals surface area (Å²) in [6.07, 6.45) is 9.24. The Hall–Kier alpha value is -4.83. The highest BCUT2D eigenvalue weighted by Crippen LogP contribution is 2.57. The maximum absolute atomic E-state index is 15.0. The molecule has 0 radical (unpaired) electrons. The Labute approximate surface area is 389 Å². The van der Waals surface area contributed by atoms with Crippen molar-refractivity contribution in [1.29, 1.82) is 0 Å². The van der Waals surface area contributed by atoms with Crippen LogP contribution < -0.4 is 14.2 Å². The average molecular weight is 929 g/mol.